The normalized spacial score (nSPS) is 19.3. The quantitative estimate of drug-likeness (QED) is 0.438. The van der Waals surface area contributed by atoms with E-state index < -0.39 is 15.8 Å². The zero-order chi connectivity index (χ0) is 24.4. The lowest BCUT2D eigenvalue weighted by atomic mass is 10.1. The van der Waals surface area contributed by atoms with E-state index in [-0.39, 0.29) is 23.4 Å². The summed E-state index contributed by atoms with van der Waals surface area (Å²) >= 11 is 6.70. The molecule has 0 bridgehead atoms. The third-order valence-corrected chi connectivity index (χ3v) is 7.07. The molecule has 4 aromatic rings. The maximum Gasteiger partial charge on any atom is 0.251 e. The molecule has 12 heteroatoms. The molecule has 0 radical (unpaired) electrons. The Labute approximate surface area is 201 Å². The molecule has 1 aliphatic rings. The third kappa shape index (κ3) is 4.08. The van der Waals surface area contributed by atoms with Gasteiger partial charge in [-0.1, -0.05) is 11.6 Å². The summed E-state index contributed by atoms with van der Waals surface area (Å²) < 4.78 is 42.3. The van der Waals surface area contributed by atoms with E-state index in [4.69, 9.17) is 11.6 Å². The molecule has 0 spiro atoms. The highest BCUT2D eigenvalue weighted by Crippen LogP contribution is 2.37. The fourth-order valence-corrected chi connectivity index (χ4v) is 5.67. The molecule has 2 N–H and O–H groups in total. The second kappa shape index (κ2) is 8.10. The zero-order valence-electron chi connectivity index (χ0n) is 19.2. The minimum Gasteiger partial charge on any atom is -0.368 e. The van der Waals surface area contributed by atoms with Crippen molar-refractivity contribution in [2.75, 3.05) is 29.6 Å². The van der Waals surface area contributed by atoms with Gasteiger partial charge in [0.25, 0.3) is 10.0 Å². The van der Waals surface area contributed by atoms with Crippen LogP contribution >= 0.6 is 11.6 Å². The number of halogens is 2. The predicted molar refractivity (Wildman–Crippen MR) is 133 cm³/mol. The number of anilines is 3. The van der Waals surface area contributed by atoms with E-state index in [1.807, 2.05) is 6.07 Å². The van der Waals surface area contributed by atoms with Gasteiger partial charge in [-0.05, 0) is 38.1 Å². The van der Waals surface area contributed by atoms with Gasteiger partial charge < -0.3 is 15.5 Å². The highest BCUT2D eigenvalue weighted by atomic mass is 35.5. The maximum atomic E-state index is 14.6. The van der Waals surface area contributed by atoms with Crippen molar-refractivity contribution >= 4 is 60.6 Å². The molecule has 0 aliphatic carbocycles. The highest BCUT2D eigenvalue weighted by Gasteiger charge is 2.25. The van der Waals surface area contributed by atoms with Gasteiger partial charge in [0.1, 0.15) is 5.52 Å². The van der Waals surface area contributed by atoms with Crippen molar-refractivity contribution in [3.8, 4) is 0 Å². The summed E-state index contributed by atoms with van der Waals surface area (Å²) in [6.07, 6.45) is 2.78. The maximum absolute atomic E-state index is 14.6. The highest BCUT2D eigenvalue weighted by molar-refractivity contribution is 7.89. The largest absolute Gasteiger partial charge is 0.368 e. The first-order valence-corrected chi connectivity index (χ1v) is 13.1. The van der Waals surface area contributed by atoms with Crippen molar-refractivity contribution in [3.63, 3.8) is 0 Å². The van der Waals surface area contributed by atoms with Crippen LogP contribution in [0.5, 0.6) is 0 Å². The predicted octanol–water partition coefficient (Wildman–Crippen LogP) is 3.45. The molecule has 0 unspecified atom stereocenters. The number of nitrogens with zero attached hydrogens (tertiary/aromatic N) is 5. The molecule has 9 nitrogen and oxygen atoms in total. The van der Waals surface area contributed by atoms with Gasteiger partial charge >= 0.3 is 0 Å². The van der Waals surface area contributed by atoms with E-state index in [1.165, 1.54) is 10.7 Å². The minimum absolute atomic E-state index is 0.224. The van der Waals surface area contributed by atoms with Crippen LogP contribution in [-0.4, -0.2) is 58.8 Å². The lowest BCUT2D eigenvalue weighted by molar-refractivity contribution is 0.407. The number of hydrogen-bond donors (Lipinski definition) is 2. The van der Waals surface area contributed by atoms with Gasteiger partial charge in [-0.2, -0.15) is 9.19 Å². The van der Waals surface area contributed by atoms with E-state index in [2.05, 4.69) is 39.6 Å². The monoisotopic (exact) mass is 505 g/mol. The van der Waals surface area contributed by atoms with E-state index in [9.17, 15) is 12.8 Å². The van der Waals surface area contributed by atoms with Gasteiger partial charge in [0.15, 0.2) is 11.6 Å². The molecule has 2 aromatic carbocycles. The number of aromatic nitrogens is 4. The summed E-state index contributed by atoms with van der Waals surface area (Å²) in [5, 5.41) is 16.4. The molecular weight excluding hydrogens is 481 g/mol. The number of nitrogens with one attached hydrogen (secondary N) is 2. The molecule has 34 heavy (non-hydrogen) atoms. The Hall–Kier alpha value is -2.89. The van der Waals surface area contributed by atoms with Crippen molar-refractivity contribution in [3.05, 3.63) is 41.3 Å². The van der Waals surface area contributed by atoms with Crippen LogP contribution in [0.3, 0.4) is 0 Å². The van der Waals surface area contributed by atoms with Crippen molar-refractivity contribution in [2.24, 2.45) is 7.05 Å². The SMILES string of the molecule is C[C@H]1CN(c2cc(Cl)c3c(Nc4cc(F)c5nn(C)cc5c4)nn(S(C)(=O)=O)c3c2)C[C@H](C)N1. The summed E-state index contributed by atoms with van der Waals surface area (Å²) in [5.74, 6) is -0.274. The summed E-state index contributed by atoms with van der Waals surface area (Å²) in [4.78, 5) is 2.18. The van der Waals surface area contributed by atoms with Gasteiger partial charge in [0, 0.05) is 55.2 Å². The number of hydrogen-bond acceptors (Lipinski definition) is 7. The summed E-state index contributed by atoms with van der Waals surface area (Å²) in [6, 6.07) is 7.17. The van der Waals surface area contributed by atoms with E-state index in [0.29, 0.717) is 27.0 Å². The molecule has 1 fully saturated rings. The number of rotatable bonds is 4. The standard InChI is InChI=1S/C22H25ClFN7O2S/c1-12-9-30(10-13(2)25-12)16-7-17(23)20-19(8-16)31(34(4,32)33)28-22(20)26-15-5-14-11-29(3)27-21(14)18(24)6-15/h5-8,11-13,25H,9-10H2,1-4H3,(H,26,28)/t12-,13-/m0/s1. The minimum atomic E-state index is -3.74. The van der Waals surface area contributed by atoms with Crippen molar-refractivity contribution in [2.45, 2.75) is 25.9 Å². The fourth-order valence-electron chi connectivity index (χ4n) is 4.64. The van der Waals surface area contributed by atoms with Gasteiger partial charge in [-0.25, -0.2) is 12.8 Å². The Bertz CT molecular complexity index is 1520. The Morgan fingerprint density at radius 1 is 1.15 bits per heavy atom. The summed E-state index contributed by atoms with van der Waals surface area (Å²) in [5.41, 5.74) is 1.83. The fraction of sp³-hybridized carbons (Fsp3) is 0.364. The molecule has 3 heterocycles. The van der Waals surface area contributed by atoms with Gasteiger partial charge in [-0.15, -0.1) is 5.10 Å². The van der Waals surface area contributed by atoms with E-state index in [1.54, 1.807) is 25.4 Å². The van der Waals surface area contributed by atoms with Crippen LogP contribution in [0.15, 0.2) is 30.5 Å². The average Bonchev–Trinajstić information content (AvgIpc) is 3.28. The van der Waals surface area contributed by atoms with Crippen LogP contribution in [0.1, 0.15) is 13.8 Å². The lowest BCUT2D eigenvalue weighted by Crippen LogP contribution is -2.54. The average molecular weight is 506 g/mol. The molecule has 1 saturated heterocycles. The van der Waals surface area contributed by atoms with Gasteiger partial charge in [0.2, 0.25) is 0 Å². The number of fused-ring (bicyclic) bond motifs is 2. The Kier molecular flexibility index (Phi) is 5.45. The van der Waals surface area contributed by atoms with Crippen molar-refractivity contribution in [1.29, 1.82) is 0 Å². The van der Waals surface area contributed by atoms with Crippen LogP contribution < -0.4 is 15.5 Å². The number of aryl methyl sites for hydroxylation is 1. The number of piperazine rings is 1. The first kappa shape index (κ1) is 22.9. The van der Waals surface area contributed by atoms with Crippen LogP contribution in [-0.2, 0) is 17.1 Å². The van der Waals surface area contributed by atoms with Crippen LogP contribution in [0.4, 0.5) is 21.6 Å². The molecule has 0 amide bonds. The molecule has 0 saturated carbocycles. The molecule has 5 rings (SSSR count). The lowest BCUT2D eigenvalue weighted by Gasteiger charge is -2.37. The Balaban J connectivity index is 1.63. The third-order valence-electron chi connectivity index (χ3n) is 5.86. The van der Waals surface area contributed by atoms with E-state index >= 15 is 0 Å². The second-order valence-electron chi connectivity index (χ2n) is 8.97. The topological polar surface area (TPSA) is 97.1 Å². The van der Waals surface area contributed by atoms with Crippen LogP contribution in [0, 0.1) is 5.82 Å². The molecular formula is C22H25ClFN7O2S. The molecule has 180 valence electrons. The Morgan fingerprint density at radius 2 is 1.85 bits per heavy atom. The first-order chi connectivity index (χ1) is 16.0. The molecule has 2 aromatic heterocycles. The number of benzene rings is 2. The smallest absolute Gasteiger partial charge is 0.251 e. The zero-order valence-corrected chi connectivity index (χ0v) is 20.7. The Morgan fingerprint density at radius 3 is 2.53 bits per heavy atom. The first-order valence-electron chi connectivity index (χ1n) is 10.8. The van der Waals surface area contributed by atoms with Crippen LogP contribution in [0.2, 0.25) is 5.02 Å². The van der Waals surface area contributed by atoms with Crippen molar-refractivity contribution < 1.29 is 12.8 Å². The van der Waals surface area contributed by atoms with Crippen molar-refractivity contribution in [1.82, 2.24) is 24.3 Å². The van der Waals surface area contributed by atoms with Gasteiger partial charge in [0.05, 0.1) is 22.2 Å². The van der Waals surface area contributed by atoms with Crippen LogP contribution in [0.25, 0.3) is 21.8 Å². The second-order valence-corrected chi connectivity index (χ2v) is 11.2. The molecule has 2 atom stereocenters. The summed E-state index contributed by atoms with van der Waals surface area (Å²) in [6.45, 7) is 5.72. The van der Waals surface area contributed by atoms with E-state index in [0.717, 1.165) is 29.1 Å². The van der Waals surface area contributed by atoms with Gasteiger partial charge in [-0.3, -0.25) is 4.68 Å². The molecule has 1 aliphatic heterocycles. The summed E-state index contributed by atoms with van der Waals surface area (Å²) in [7, 11) is -2.02.